The molecule has 6 heteroatoms. The van der Waals surface area contributed by atoms with Gasteiger partial charge in [0, 0.05) is 5.75 Å². The topological polar surface area (TPSA) is 64.6 Å². The molecule has 2 aromatic rings. The first kappa shape index (κ1) is 20.8. The number of esters is 1. The van der Waals surface area contributed by atoms with Crippen molar-refractivity contribution in [1.29, 1.82) is 0 Å². The smallest absolute Gasteiger partial charge is 0.408 e. The maximum absolute atomic E-state index is 12.7. The van der Waals surface area contributed by atoms with Crippen molar-refractivity contribution in [3.63, 3.8) is 0 Å². The minimum absolute atomic E-state index is 0.0916. The van der Waals surface area contributed by atoms with Gasteiger partial charge in [-0.05, 0) is 31.9 Å². The average Bonchev–Trinajstić information content (AvgIpc) is 2.64. The van der Waals surface area contributed by atoms with Gasteiger partial charge < -0.3 is 14.8 Å². The molecule has 0 saturated carbocycles. The van der Waals surface area contributed by atoms with Crippen LogP contribution in [0.1, 0.15) is 38.0 Å². The molecule has 0 unspecified atom stereocenters. The van der Waals surface area contributed by atoms with Crippen LogP contribution in [0.5, 0.6) is 0 Å². The van der Waals surface area contributed by atoms with E-state index in [1.54, 1.807) is 20.8 Å². The second kappa shape index (κ2) is 9.46. The van der Waals surface area contributed by atoms with E-state index in [1.165, 1.54) is 0 Å². The van der Waals surface area contributed by atoms with Crippen LogP contribution in [0.3, 0.4) is 0 Å². The van der Waals surface area contributed by atoms with Crippen LogP contribution < -0.4 is 5.32 Å². The summed E-state index contributed by atoms with van der Waals surface area (Å²) in [4.78, 5) is 24.7. The Kier molecular flexibility index (Phi) is 7.30. The van der Waals surface area contributed by atoms with E-state index >= 15 is 0 Å². The van der Waals surface area contributed by atoms with Crippen LogP contribution in [0.4, 0.5) is 4.79 Å². The number of nitrogens with one attached hydrogen (secondary N) is 1. The average molecular weight is 388 g/mol. The van der Waals surface area contributed by atoms with Gasteiger partial charge in [-0.2, -0.15) is 12.6 Å². The Morgan fingerprint density at radius 1 is 0.963 bits per heavy atom. The predicted molar refractivity (Wildman–Crippen MR) is 108 cm³/mol. The van der Waals surface area contributed by atoms with E-state index in [-0.39, 0.29) is 5.75 Å². The van der Waals surface area contributed by atoms with Gasteiger partial charge >= 0.3 is 12.1 Å². The molecular weight excluding hydrogens is 362 g/mol. The predicted octanol–water partition coefficient (Wildman–Crippen LogP) is 4.14. The number of hydrogen-bond donors (Lipinski definition) is 2. The highest BCUT2D eigenvalue weighted by Crippen LogP contribution is 2.26. The summed E-state index contributed by atoms with van der Waals surface area (Å²) in [5.41, 5.74) is 1.02. The van der Waals surface area contributed by atoms with Crippen molar-refractivity contribution in [1.82, 2.24) is 5.32 Å². The van der Waals surface area contributed by atoms with E-state index in [1.807, 2.05) is 60.7 Å². The fourth-order valence-electron chi connectivity index (χ4n) is 2.41. The van der Waals surface area contributed by atoms with Gasteiger partial charge in [-0.25, -0.2) is 9.59 Å². The Morgan fingerprint density at radius 3 is 1.85 bits per heavy atom. The number of rotatable bonds is 6. The van der Waals surface area contributed by atoms with Gasteiger partial charge in [-0.1, -0.05) is 60.7 Å². The van der Waals surface area contributed by atoms with E-state index in [9.17, 15) is 9.59 Å². The highest BCUT2D eigenvalue weighted by molar-refractivity contribution is 7.80. The van der Waals surface area contributed by atoms with Gasteiger partial charge in [-0.3, -0.25) is 0 Å². The molecule has 0 saturated heterocycles. The van der Waals surface area contributed by atoms with E-state index in [0.717, 1.165) is 11.1 Å². The Labute approximate surface area is 165 Å². The van der Waals surface area contributed by atoms with Crippen molar-refractivity contribution in [2.45, 2.75) is 38.5 Å². The van der Waals surface area contributed by atoms with Crippen LogP contribution >= 0.6 is 12.6 Å². The normalized spacial score (nSPS) is 12.3. The first-order valence-corrected chi connectivity index (χ1v) is 9.34. The third kappa shape index (κ3) is 6.64. The molecule has 0 spiro atoms. The van der Waals surface area contributed by atoms with E-state index < -0.39 is 29.8 Å². The zero-order valence-corrected chi connectivity index (χ0v) is 16.6. The molecule has 5 nitrogen and oxygen atoms in total. The zero-order chi connectivity index (χ0) is 19.9. The van der Waals surface area contributed by atoms with Crippen molar-refractivity contribution in [3.8, 4) is 0 Å². The van der Waals surface area contributed by atoms with Crippen molar-refractivity contribution in [2.24, 2.45) is 0 Å². The Bertz CT molecular complexity index is 704. The minimum atomic E-state index is -0.918. The third-order valence-corrected chi connectivity index (χ3v) is 3.96. The Hall–Kier alpha value is -2.47. The third-order valence-electron chi connectivity index (χ3n) is 3.60. The second-order valence-electron chi connectivity index (χ2n) is 7.02. The van der Waals surface area contributed by atoms with Gasteiger partial charge in [0.2, 0.25) is 0 Å². The lowest BCUT2D eigenvalue weighted by molar-refractivity contribution is -0.149. The van der Waals surface area contributed by atoms with Crippen molar-refractivity contribution in [2.75, 3.05) is 5.75 Å². The summed E-state index contributed by atoms with van der Waals surface area (Å²) in [5, 5.41) is 2.52. The van der Waals surface area contributed by atoms with Crippen LogP contribution in [0, 0.1) is 0 Å². The molecule has 0 heterocycles. The van der Waals surface area contributed by atoms with Crippen molar-refractivity contribution < 1.29 is 19.1 Å². The maximum Gasteiger partial charge on any atom is 0.408 e. The highest BCUT2D eigenvalue weighted by Gasteiger charge is 2.27. The van der Waals surface area contributed by atoms with Gasteiger partial charge in [0.05, 0.1) is 0 Å². The lowest BCUT2D eigenvalue weighted by Crippen LogP contribution is -2.45. The quantitative estimate of drug-likeness (QED) is 0.577. The summed E-state index contributed by atoms with van der Waals surface area (Å²) < 4.78 is 11.0. The van der Waals surface area contributed by atoms with Crippen molar-refractivity contribution in [3.05, 3.63) is 71.8 Å². The Morgan fingerprint density at radius 2 is 1.44 bits per heavy atom. The summed E-state index contributed by atoms with van der Waals surface area (Å²) in [5.74, 6) is -0.484. The first-order valence-electron chi connectivity index (χ1n) is 8.71. The van der Waals surface area contributed by atoms with Gasteiger partial charge in [0.1, 0.15) is 11.6 Å². The molecule has 2 aromatic carbocycles. The molecule has 1 amide bonds. The molecule has 1 atom stereocenters. The van der Waals surface area contributed by atoms with Gasteiger partial charge in [0.25, 0.3) is 0 Å². The molecule has 0 aliphatic rings. The summed E-state index contributed by atoms with van der Waals surface area (Å²) >= 11 is 4.17. The summed E-state index contributed by atoms with van der Waals surface area (Å²) in [7, 11) is 0. The summed E-state index contributed by atoms with van der Waals surface area (Å²) in [6, 6.07) is 18.0. The first-order chi connectivity index (χ1) is 12.8. The monoisotopic (exact) mass is 387 g/mol. The maximum atomic E-state index is 12.7. The number of hydrogen-bond acceptors (Lipinski definition) is 5. The fraction of sp³-hybridized carbons (Fsp3) is 0.333. The molecule has 0 aromatic heterocycles. The molecule has 0 radical (unpaired) electrons. The van der Waals surface area contributed by atoms with E-state index in [0.29, 0.717) is 0 Å². The van der Waals surface area contributed by atoms with Crippen molar-refractivity contribution >= 4 is 24.7 Å². The number of carbonyl (C=O) groups is 2. The van der Waals surface area contributed by atoms with Crippen LogP contribution in [-0.2, 0) is 14.3 Å². The molecular formula is C21H25NO4S. The highest BCUT2D eigenvalue weighted by atomic mass is 32.1. The molecule has 0 aliphatic heterocycles. The minimum Gasteiger partial charge on any atom is -0.451 e. The molecule has 144 valence electrons. The number of benzene rings is 2. The fourth-order valence-corrected chi connectivity index (χ4v) is 2.65. The van der Waals surface area contributed by atoms with E-state index in [2.05, 4.69) is 17.9 Å². The van der Waals surface area contributed by atoms with Crippen LogP contribution in [0.25, 0.3) is 0 Å². The second-order valence-corrected chi connectivity index (χ2v) is 7.38. The standard InChI is InChI=1S/C21H25NO4S/c1-21(2,3)26-20(24)22-17(14-27)19(23)25-18(15-10-6-4-7-11-15)16-12-8-5-9-13-16/h4-13,17-18,27H,14H2,1-3H3,(H,22,24)/t17-/m0/s1. The zero-order valence-electron chi connectivity index (χ0n) is 15.7. The molecule has 0 aliphatic carbocycles. The van der Waals surface area contributed by atoms with Crippen LogP contribution in [-0.4, -0.2) is 29.5 Å². The number of ether oxygens (including phenoxy) is 2. The number of carbonyl (C=O) groups excluding carboxylic acids is 2. The lowest BCUT2D eigenvalue weighted by Gasteiger charge is -2.24. The van der Waals surface area contributed by atoms with E-state index in [4.69, 9.17) is 9.47 Å². The van der Waals surface area contributed by atoms with Crippen LogP contribution in [0.15, 0.2) is 60.7 Å². The SMILES string of the molecule is CC(C)(C)OC(=O)N[C@@H](CS)C(=O)OC(c1ccccc1)c1ccccc1. The molecule has 2 rings (SSSR count). The number of thiol groups is 1. The lowest BCUT2D eigenvalue weighted by atomic mass is 10.0. The molecule has 0 fully saturated rings. The molecule has 27 heavy (non-hydrogen) atoms. The Balaban J connectivity index is 2.16. The largest absolute Gasteiger partial charge is 0.451 e. The van der Waals surface area contributed by atoms with Gasteiger partial charge in [-0.15, -0.1) is 0 Å². The summed E-state index contributed by atoms with van der Waals surface area (Å²) in [6.45, 7) is 5.25. The molecule has 1 N–H and O–H groups in total. The van der Waals surface area contributed by atoms with Crippen LogP contribution in [0.2, 0.25) is 0 Å². The number of amides is 1. The molecule has 0 bridgehead atoms. The summed E-state index contributed by atoms with van der Waals surface area (Å²) in [6.07, 6.45) is -1.27. The number of alkyl carbamates (subject to hydrolysis) is 1. The van der Waals surface area contributed by atoms with Gasteiger partial charge in [0.15, 0.2) is 6.10 Å².